The second-order valence-electron chi connectivity index (χ2n) is 6.14. The maximum Gasteiger partial charge on any atom is 0.109 e. The summed E-state index contributed by atoms with van der Waals surface area (Å²) in [6, 6.07) is 9.41. The van der Waals surface area contributed by atoms with Crippen molar-refractivity contribution in [3.05, 3.63) is 39.8 Å². The van der Waals surface area contributed by atoms with Crippen LogP contribution in [0.4, 0.5) is 0 Å². The lowest BCUT2D eigenvalue weighted by molar-refractivity contribution is 0.151. The number of nitroso groups, excluding NO2 is 1. The number of halogens is 1. The minimum Gasteiger partial charge on any atom is -0.295 e. The number of benzene rings is 1. The molecular weight excluding hydrogens is 260 g/mol. The van der Waals surface area contributed by atoms with Crippen molar-refractivity contribution in [3.8, 4) is 0 Å². The van der Waals surface area contributed by atoms with Gasteiger partial charge < -0.3 is 0 Å². The Morgan fingerprint density at radius 3 is 2.74 bits per heavy atom. The van der Waals surface area contributed by atoms with E-state index in [4.69, 9.17) is 11.6 Å². The molecule has 3 fully saturated rings. The van der Waals surface area contributed by atoms with Crippen LogP contribution in [-0.4, -0.2) is 29.6 Å². The summed E-state index contributed by atoms with van der Waals surface area (Å²) >= 11 is 5.98. The van der Waals surface area contributed by atoms with Crippen LogP contribution in [-0.2, 0) is 0 Å². The summed E-state index contributed by atoms with van der Waals surface area (Å²) in [7, 11) is 0. The summed E-state index contributed by atoms with van der Waals surface area (Å²) in [6.45, 7) is 0.883. The second kappa shape index (κ2) is 4.29. The Morgan fingerprint density at radius 2 is 2.00 bits per heavy atom. The molecule has 0 spiro atoms. The second-order valence-corrected chi connectivity index (χ2v) is 6.58. The Hall–Kier alpha value is -0.930. The first-order chi connectivity index (χ1) is 9.28. The number of hydrogen-bond donors (Lipinski definition) is 0. The van der Waals surface area contributed by atoms with E-state index in [1.807, 2.05) is 12.1 Å². The van der Waals surface area contributed by atoms with E-state index in [9.17, 15) is 4.91 Å². The molecule has 3 nitrogen and oxygen atoms in total. The minimum atomic E-state index is -0.0176. The number of nitrogens with zero attached hydrogens (tertiary/aromatic N) is 2. The first-order valence-electron chi connectivity index (χ1n) is 7.11. The van der Waals surface area contributed by atoms with Crippen LogP contribution < -0.4 is 0 Å². The molecule has 3 heterocycles. The summed E-state index contributed by atoms with van der Waals surface area (Å²) in [5.41, 5.74) is 1.33. The zero-order valence-corrected chi connectivity index (χ0v) is 11.5. The Balaban J connectivity index is 1.72. The van der Waals surface area contributed by atoms with Gasteiger partial charge in [-0.25, -0.2) is 0 Å². The maximum atomic E-state index is 11.2. The summed E-state index contributed by atoms with van der Waals surface area (Å²) in [4.78, 5) is 13.7. The molecule has 4 bridgehead atoms. The third-order valence-corrected chi connectivity index (χ3v) is 5.65. The van der Waals surface area contributed by atoms with Gasteiger partial charge in [0.15, 0.2) is 0 Å². The molecule has 4 rings (SSSR count). The average molecular weight is 277 g/mol. The highest BCUT2D eigenvalue weighted by Crippen LogP contribution is 2.52. The predicted molar refractivity (Wildman–Crippen MR) is 75.4 cm³/mol. The molecule has 3 aliphatic rings. The van der Waals surface area contributed by atoms with Crippen LogP contribution in [0.5, 0.6) is 0 Å². The fraction of sp³-hybridized carbons (Fsp3) is 0.600. The molecule has 1 aromatic rings. The van der Waals surface area contributed by atoms with Crippen LogP contribution in [0, 0.1) is 10.8 Å². The van der Waals surface area contributed by atoms with Crippen LogP contribution in [0.25, 0.3) is 0 Å². The molecule has 6 atom stereocenters. The highest BCUT2D eigenvalue weighted by atomic mass is 35.5. The summed E-state index contributed by atoms with van der Waals surface area (Å²) < 4.78 is 0. The highest BCUT2D eigenvalue weighted by Gasteiger charge is 2.56. The molecule has 0 N–H and O–H groups in total. The van der Waals surface area contributed by atoms with E-state index >= 15 is 0 Å². The summed E-state index contributed by atoms with van der Waals surface area (Å²) in [6.07, 6.45) is 3.71. The molecule has 3 saturated heterocycles. The Labute approximate surface area is 117 Å². The van der Waals surface area contributed by atoms with Gasteiger partial charge in [-0.15, -0.1) is 0 Å². The van der Waals surface area contributed by atoms with Crippen molar-refractivity contribution in [3.63, 3.8) is 0 Å². The topological polar surface area (TPSA) is 32.7 Å². The van der Waals surface area contributed by atoms with E-state index in [-0.39, 0.29) is 6.04 Å². The molecule has 19 heavy (non-hydrogen) atoms. The molecule has 100 valence electrons. The monoisotopic (exact) mass is 276 g/mol. The van der Waals surface area contributed by atoms with Gasteiger partial charge in [-0.3, -0.25) is 4.90 Å². The Morgan fingerprint density at radius 1 is 1.21 bits per heavy atom. The molecule has 1 aromatic carbocycles. The molecule has 0 aromatic heterocycles. The lowest BCUT2D eigenvalue weighted by Crippen LogP contribution is -2.40. The largest absolute Gasteiger partial charge is 0.295 e. The summed E-state index contributed by atoms with van der Waals surface area (Å²) in [5.74, 6) is 0.897. The van der Waals surface area contributed by atoms with E-state index in [0.29, 0.717) is 23.9 Å². The molecule has 0 amide bonds. The van der Waals surface area contributed by atoms with Gasteiger partial charge in [0.25, 0.3) is 0 Å². The van der Waals surface area contributed by atoms with Gasteiger partial charge in [0.1, 0.15) is 6.04 Å². The third kappa shape index (κ3) is 1.68. The van der Waals surface area contributed by atoms with Crippen LogP contribution in [0.2, 0.25) is 5.02 Å². The van der Waals surface area contributed by atoms with Gasteiger partial charge in [-0.05, 0) is 42.9 Å². The van der Waals surface area contributed by atoms with Crippen molar-refractivity contribution in [1.29, 1.82) is 0 Å². The SMILES string of the molecule is O=NC1CN2[C@H]3CC[C@@H]2[C@@H]1[C@@H](c1ccc(Cl)cc1)C3. The molecule has 3 aliphatic heterocycles. The quantitative estimate of drug-likeness (QED) is 0.776. The number of hydrogen-bond acceptors (Lipinski definition) is 3. The van der Waals surface area contributed by atoms with Crippen molar-refractivity contribution in [2.45, 2.75) is 43.3 Å². The number of piperidine rings is 1. The lowest BCUT2D eigenvalue weighted by atomic mass is 9.76. The van der Waals surface area contributed by atoms with Gasteiger partial charge in [0, 0.05) is 29.6 Å². The lowest BCUT2D eigenvalue weighted by Gasteiger charge is -2.37. The minimum absolute atomic E-state index is 0.0176. The van der Waals surface area contributed by atoms with Crippen LogP contribution in [0.1, 0.15) is 30.7 Å². The van der Waals surface area contributed by atoms with E-state index in [1.54, 1.807) is 0 Å². The fourth-order valence-electron chi connectivity index (χ4n) is 4.67. The van der Waals surface area contributed by atoms with Crippen LogP contribution in [0.3, 0.4) is 0 Å². The van der Waals surface area contributed by atoms with E-state index < -0.39 is 0 Å². The van der Waals surface area contributed by atoms with Crippen LogP contribution in [0.15, 0.2) is 29.4 Å². The van der Waals surface area contributed by atoms with Crippen molar-refractivity contribution >= 4 is 11.6 Å². The van der Waals surface area contributed by atoms with Gasteiger partial charge >= 0.3 is 0 Å². The normalized spacial score (nSPS) is 43.4. The average Bonchev–Trinajstić information content (AvgIpc) is 2.85. The first kappa shape index (κ1) is 11.9. The molecule has 0 saturated carbocycles. The third-order valence-electron chi connectivity index (χ3n) is 5.40. The van der Waals surface area contributed by atoms with Crippen molar-refractivity contribution in [1.82, 2.24) is 4.90 Å². The highest BCUT2D eigenvalue weighted by molar-refractivity contribution is 6.30. The zero-order chi connectivity index (χ0) is 13.0. The van der Waals surface area contributed by atoms with Gasteiger partial charge in [-0.2, -0.15) is 4.91 Å². The fourth-order valence-corrected chi connectivity index (χ4v) is 4.80. The first-order valence-corrected chi connectivity index (χ1v) is 7.49. The zero-order valence-electron chi connectivity index (χ0n) is 10.7. The van der Waals surface area contributed by atoms with Crippen molar-refractivity contribution in [2.75, 3.05) is 6.54 Å². The van der Waals surface area contributed by atoms with Crippen LogP contribution >= 0.6 is 11.6 Å². The molecule has 0 aliphatic carbocycles. The standard InChI is InChI=1S/C15H17ClN2O/c16-10-3-1-9(2-4-10)12-7-11-5-6-14-15(12)13(17-19)8-18(11)14/h1-4,11-15H,5-8H2/t11-,12+,13?,14+,15+/m0/s1. The molecular formula is C15H17ClN2O. The molecule has 0 radical (unpaired) electrons. The van der Waals surface area contributed by atoms with E-state index in [2.05, 4.69) is 22.2 Å². The molecule has 2 unspecified atom stereocenters. The molecule has 4 heteroatoms. The van der Waals surface area contributed by atoms with Crippen molar-refractivity contribution in [2.24, 2.45) is 11.1 Å². The Bertz CT molecular complexity index is 503. The smallest absolute Gasteiger partial charge is 0.109 e. The van der Waals surface area contributed by atoms with Gasteiger partial charge in [-0.1, -0.05) is 28.9 Å². The van der Waals surface area contributed by atoms with Gasteiger partial charge in [0.2, 0.25) is 0 Å². The maximum absolute atomic E-state index is 11.2. The number of rotatable bonds is 2. The predicted octanol–water partition coefficient (Wildman–Crippen LogP) is 3.43. The Kier molecular flexibility index (Phi) is 2.68. The van der Waals surface area contributed by atoms with Gasteiger partial charge in [0.05, 0.1) is 0 Å². The van der Waals surface area contributed by atoms with Crippen molar-refractivity contribution < 1.29 is 0 Å². The van der Waals surface area contributed by atoms with E-state index in [0.717, 1.165) is 11.6 Å². The van der Waals surface area contributed by atoms with E-state index in [1.165, 1.54) is 24.8 Å². The summed E-state index contributed by atoms with van der Waals surface area (Å²) in [5, 5.41) is 4.20.